The van der Waals surface area contributed by atoms with Gasteiger partial charge >= 0.3 is 5.97 Å². The largest absolute Gasteiger partial charge is 0.477 e. The Morgan fingerprint density at radius 3 is 2.93 bits per heavy atom. The Morgan fingerprint density at radius 1 is 1.40 bits per heavy atom. The van der Waals surface area contributed by atoms with Gasteiger partial charge in [0.05, 0.1) is 6.26 Å². The zero-order valence-electron chi connectivity index (χ0n) is 8.09. The van der Waals surface area contributed by atoms with Gasteiger partial charge in [0.2, 0.25) is 0 Å². The Balaban J connectivity index is 2.05. The standard InChI is InChI=1S/C11H11NO3/c13-11(14)10-4-1-6-12(10)7-5-9-3-2-8-15-9/h1-4,6,8H,5,7H2,(H,13,14). The Labute approximate surface area is 86.8 Å². The van der Waals surface area contributed by atoms with Crippen LogP contribution < -0.4 is 0 Å². The van der Waals surface area contributed by atoms with Gasteiger partial charge in [0.25, 0.3) is 0 Å². The first-order chi connectivity index (χ1) is 7.27. The highest BCUT2D eigenvalue weighted by Crippen LogP contribution is 2.06. The molecule has 0 aliphatic carbocycles. The minimum atomic E-state index is -0.903. The van der Waals surface area contributed by atoms with E-state index in [1.54, 1.807) is 29.2 Å². The summed E-state index contributed by atoms with van der Waals surface area (Å²) in [5.41, 5.74) is 0.307. The van der Waals surface area contributed by atoms with Crippen molar-refractivity contribution < 1.29 is 14.3 Å². The van der Waals surface area contributed by atoms with Crippen molar-refractivity contribution in [3.05, 3.63) is 48.2 Å². The Bertz CT molecular complexity index is 442. The number of aromatic nitrogens is 1. The molecule has 2 rings (SSSR count). The van der Waals surface area contributed by atoms with Crippen molar-refractivity contribution in [2.75, 3.05) is 0 Å². The van der Waals surface area contributed by atoms with E-state index in [-0.39, 0.29) is 0 Å². The van der Waals surface area contributed by atoms with Crippen LogP contribution in [0.2, 0.25) is 0 Å². The molecule has 0 saturated heterocycles. The molecule has 15 heavy (non-hydrogen) atoms. The fourth-order valence-electron chi connectivity index (χ4n) is 1.49. The molecule has 1 N–H and O–H groups in total. The molecule has 2 aromatic rings. The van der Waals surface area contributed by atoms with E-state index in [1.807, 2.05) is 12.1 Å². The van der Waals surface area contributed by atoms with Crippen molar-refractivity contribution >= 4 is 5.97 Å². The topological polar surface area (TPSA) is 55.4 Å². The van der Waals surface area contributed by atoms with Gasteiger partial charge in [-0.05, 0) is 24.3 Å². The predicted molar refractivity (Wildman–Crippen MR) is 53.8 cm³/mol. The monoisotopic (exact) mass is 205 g/mol. The molecule has 0 unspecified atom stereocenters. The number of hydrogen-bond acceptors (Lipinski definition) is 2. The zero-order valence-corrected chi connectivity index (χ0v) is 8.09. The summed E-state index contributed by atoms with van der Waals surface area (Å²) >= 11 is 0. The van der Waals surface area contributed by atoms with Crippen LogP contribution >= 0.6 is 0 Å². The van der Waals surface area contributed by atoms with Gasteiger partial charge in [-0.15, -0.1) is 0 Å². The number of hydrogen-bond donors (Lipinski definition) is 1. The predicted octanol–water partition coefficient (Wildman–Crippen LogP) is 2.02. The first kappa shape index (κ1) is 9.58. The molecule has 0 aliphatic heterocycles. The molecular weight excluding hydrogens is 194 g/mol. The highest BCUT2D eigenvalue weighted by atomic mass is 16.4. The summed E-state index contributed by atoms with van der Waals surface area (Å²) in [7, 11) is 0. The van der Waals surface area contributed by atoms with E-state index < -0.39 is 5.97 Å². The molecule has 2 heterocycles. The molecule has 0 aliphatic rings. The van der Waals surface area contributed by atoms with Gasteiger partial charge in [-0.2, -0.15) is 0 Å². The Kier molecular flexibility index (Phi) is 2.58. The van der Waals surface area contributed by atoms with Gasteiger partial charge in [0.15, 0.2) is 0 Å². The lowest BCUT2D eigenvalue weighted by Crippen LogP contribution is -2.08. The van der Waals surface area contributed by atoms with Crippen molar-refractivity contribution in [3.8, 4) is 0 Å². The number of furan rings is 1. The average molecular weight is 205 g/mol. The number of rotatable bonds is 4. The number of aromatic carboxylic acids is 1. The summed E-state index contributed by atoms with van der Waals surface area (Å²) < 4.78 is 6.87. The third-order valence-corrected chi connectivity index (χ3v) is 2.23. The molecule has 78 valence electrons. The van der Waals surface area contributed by atoms with E-state index >= 15 is 0 Å². The van der Waals surface area contributed by atoms with Crippen molar-refractivity contribution in [2.24, 2.45) is 0 Å². The number of carboxylic acids is 1. The van der Waals surface area contributed by atoms with E-state index in [0.717, 1.165) is 5.76 Å². The quantitative estimate of drug-likeness (QED) is 0.830. The van der Waals surface area contributed by atoms with Gasteiger partial charge in [-0.1, -0.05) is 0 Å². The normalized spacial score (nSPS) is 10.4. The molecule has 0 saturated carbocycles. The minimum absolute atomic E-state index is 0.307. The highest BCUT2D eigenvalue weighted by molar-refractivity contribution is 5.85. The third kappa shape index (κ3) is 2.10. The van der Waals surface area contributed by atoms with E-state index in [9.17, 15) is 4.79 Å². The molecule has 0 radical (unpaired) electrons. The lowest BCUT2D eigenvalue weighted by atomic mass is 10.3. The summed E-state index contributed by atoms with van der Waals surface area (Å²) in [5, 5.41) is 8.87. The zero-order chi connectivity index (χ0) is 10.7. The molecule has 0 atom stereocenters. The molecule has 2 aromatic heterocycles. The molecule has 4 nitrogen and oxygen atoms in total. The van der Waals surface area contributed by atoms with E-state index in [0.29, 0.717) is 18.7 Å². The summed E-state index contributed by atoms with van der Waals surface area (Å²) in [4.78, 5) is 10.8. The van der Waals surface area contributed by atoms with Crippen LogP contribution in [0.4, 0.5) is 0 Å². The first-order valence-corrected chi connectivity index (χ1v) is 4.68. The van der Waals surface area contributed by atoms with Crippen LogP contribution in [0.1, 0.15) is 16.2 Å². The van der Waals surface area contributed by atoms with Crippen LogP contribution in [0.25, 0.3) is 0 Å². The third-order valence-electron chi connectivity index (χ3n) is 2.23. The summed E-state index contributed by atoms with van der Waals surface area (Å²) in [6, 6.07) is 7.02. The molecule has 0 spiro atoms. The lowest BCUT2D eigenvalue weighted by molar-refractivity contribution is 0.0685. The fourth-order valence-corrected chi connectivity index (χ4v) is 1.49. The first-order valence-electron chi connectivity index (χ1n) is 4.68. The summed E-state index contributed by atoms with van der Waals surface area (Å²) in [6.45, 7) is 0.613. The maximum absolute atomic E-state index is 10.8. The molecule has 0 amide bonds. The molecule has 4 heteroatoms. The van der Waals surface area contributed by atoms with Crippen LogP contribution in [-0.4, -0.2) is 15.6 Å². The Morgan fingerprint density at radius 2 is 2.27 bits per heavy atom. The maximum Gasteiger partial charge on any atom is 0.352 e. The van der Waals surface area contributed by atoms with Gasteiger partial charge in [-0.3, -0.25) is 0 Å². The SMILES string of the molecule is O=C(O)c1cccn1CCc1ccco1. The average Bonchev–Trinajstić information content (AvgIpc) is 2.86. The Hall–Kier alpha value is -1.97. The van der Waals surface area contributed by atoms with Crippen molar-refractivity contribution in [2.45, 2.75) is 13.0 Å². The molecule has 0 bridgehead atoms. The van der Waals surface area contributed by atoms with Crippen LogP contribution in [0.5, 0.6) is 0 Å². The van der Waals surface area contributed by atoms with Crippen molar-refractivity contribution in [3.63, 3.8) is 0 Å². The van der Waals surface area contributed by atoms with E-state index in [4.69, 9.17) is 9.52 Å². The second-order valence-corrected chi connectivity index (χ2v) is 3.22. The maximum atomic E-state index is 10.8. The van der Waals surface area contributed by atoms with Gasteiger partial charge in [0.1, 0.15) is 11.5 Å². The second-order valence-electron chi connectivity index (χ2n) is 3.22. The summed E-state index contributed by atoms with van der Waals surface area (Å²) in [6.07, 6.45) is 4.07. The molecular formula is C11H11NO3. The van der Waals surface area contributed by atoms with Gasteiger partial charge < -0.3 is 14.1 Å². The molecule has 0 aromatic carbocycles. The van der Waals surface area contributed by atoms with Crippen LogP contribution in [0.3, 0.4) is 0 Å². The summed E-state index contributed by atoms with van der Waals surface area (Å²) in [5.74, 6) is -0.0421. The van der Waals surface area contributed by atoms with Crippen LogP contribution in [-0.2, 0) is 13.0 Å². The van der Waals surface area contributed by atoms with E-state index in [2.05, 4.69) is 0 Å². The van der Waals surface area contributed by atoms with Crippen molar-refractivity contribution in [1.29, 1.82) is 0 Å². The van der Waals surface area contributed by atoms with Crippen molar-refractivity contribution in [1.82, 2.24) is 4.57 Å². The van der Waals surface area contributed by atoms with Crippen LogP contribution in [0, 0.1) is 0 Å². The van der Waals surface area contributed by atoms with Crippen LogP contribution in [0.15, 0.2) is 41.1 Å². The number of nitrogens with zero attached hydrogens (tertiary/aromatic N) is 1. The highest BCUT2D eigenvalue weighted by Gasteiger charge is 2.08. The number of carbonyl (C=O) groups is 1. The number of carboxylic acid groups (broad SMARTS) is 1. The second kappa shape index (κ2) is 4.04. The van der Waals surface area contributed by atoms with Gasteiger partial charge in [-0.25, -0.2) is 4.79 Å². The lowest BCUT2D eigenvalue weighted by Gasteiger charge is -2.04. The number of aryl methyl sites for hydroxylation is 2. The van der Waals surface area contributed by atoms with Gasteiger partial charge in [0, 0.05) is 19.2 Å². The smallest absolute Gasteiger partial charge is 0.352 e. The fraction of sp³-hybridized carbons (Fsp3) is 0.182. The molecule has 0 fully saturated rings. The minimum Gasteiger partial charge on any atom is -0.477 e. The van der Waals surface area contributed by atoms with E-state index in [1.165, 1.54) is 0 Å².